The molecule has 30 heavy (non-hydrogen) atoms. The molecule has 4 heterocycles. The number of rotatable bonds is 7. The van der Waals surface area contributed by atoms with Crippen LogP contribution in [-0.4, -0.2) is 57.9 Å². The molecule has 0 aliphatic carbocycles. The van der Waals surface area contributed by atoms with Gasteiger partial charge in [-0.1, -0.05) is 6.92 Å². The zero-order valence-corrected chi connectivity index (χ0v) is 21.1. The third kappa shape index (κ3) is 5.83. The van der Waals surface area contributed by atoms with E-state index in [2.05, 4.69) is 49.5 Å². The lowest BCUT2D eigenvalue weighted by molar-refractivity contribution is 0.392. The van der Waals surface area contributed by atoms with Crippen molar-refractivity contribution in [1.82, 2.24) is 30.4 Å². The molecule has 0 saturated carbocycles. The Hall–Kier alpha value is -1.43. The Morgan fingerprint density at radius 3 is 2.87 bits per heavy atom. The van der Waals surface area contributed by atoms with E-state index in [9.17, 15) is 0 Å². The number of halogens is 1. The zero-order chi connectivity index (χ0) is 20.1. The molecule has 2 aromatic heterocycles. The van der Waals surface area contributed by atoms with Gasteiger partial charge in [0, 0.05) is 56.9 Å². The van der Waals surface area contributed by atoms with Crippen LogP contribution in [0.25, 0.3) is 0 Å². The summed E-state index contributed by atoms with van der Waals surface area (Å²) in [5.41, 5.74) is 1.15. The number of nitrogens with zero attached hydrogens (tertiary/aromatic N) is 6. The minimum Gasteiger partial charge on any atom is -0.357 e. The summed E-state index contributed by atoms with van der Waals surface area (Å²) >= 11 is 1.76. The van der Waals surface area contributed by atoms with E-state index >= 15 is 0 Å². The van der Waals surface area contributed by atoms with Crippen LogP contribution in [0.3, 0.4) is 0 Å². The second-order valence-corrected chi connectivity index (χ2v) is 8.52. The molecule has 1 atom stereocenters. The lowest BCUT2D eigenvalue weighted by atomic mass is 10.1. The smallest absolute Gasteiger partial charge is 0.191 e. The molecular weight excluding hydrogens is 511 g/mol. The Kier molecular flexibility index (Phi) is 8.72. The monoisotopic (exact) mass is 544 g/mol. The Bertz CT molecular complexity index is 827. The van der Waals surface area contributed by atoms with Crippen LogP contribution in [0.15, 0.2) is 10.4 Å². The molecule has 1 unspecified atom stereocenters. The van der Waals surface area contributed by atoms with Gasteiger partial charge in [0.1, 0.15) is 5.82 Å². The van der Waals surface area contributed by atoms with Crippen LogP contribution in [0.4, 0.5) is 5.13 Å². The quantitative estimate of drug-likeness (QED) is 0.317. The SMILES string of the molecule is CCNC(=NCCc1csc(N2CCCC2)n1)NC1CCc2nc(CC)nn2C1.I. The number of anilines is 1. The van der Waals surface area contributed by atoms with Crippen LogP contribution in [0, 0.1) is 0 Å². The maximum atomic E-state index is 4.80. The first-order chi connectivity index (χ1) is 14.2. The van der Waals surface area contributed by atoms with Crippen molar-refractivity contribution in [3.05, 3.63) is 22.7 Å². The van der Waals surface area contributed by atoms with Gasteiger partial charge < -0.3 is 15.5 Å². The van der Waals surface area contributed by atoms with E-state index in [0.29, 0.717) is 6.04 Å². The standard InChI is InChI=1S/C20H32N8S.HI/c1-3-17-25-18-8-7-15(13-28(18)26-17)23-19(21-4-2)22-10-9-16-14-29-20(24-16)27-11-5-6-12-27;/h14-15H,3-13H2,1-2H3,(H2,21,22,23);1H. The summed E-state index contributed by atoms with van der Waals surface area (Å²) in [5, 5.41) is 14.9. The molecule has 0 bridgehead atoms. The van der Waals surface area contributed by atoms with Crippen molar-refractivity contribution < 1.29 is 0 Å². The predicted octanol–water partition coefficient (Wildman–Crippen LogP) is 2.63. The molecule has 0 aromatic carbocycles. The number of aryl methyl sites for hydroxylation is 2. The highest BCUT2D eigenvalue weighted by atomic mass is 127. The lowest BCUT2D eigenvalue weighted by Gasteiger charge is -2.25. The average Bonchev–Trinajstić information content (AvgIpc) is 3.47. The number of aromatic nitrogens is 4. The molecule has 8 nitrogen and oxygen atoms in total. The van der Waals surface area contributed by atoms with E-state index in [1.807, 2.05) is 0 Å². The fourth-order valence-electron chi connectivity index (χ4n) is 3.89. The molecule has 2 aliphatic rings. The number of hydrogen-bond acceptors (Lipinski definition) is 6. The van der Waals surface area contributed by atoms with Gasteiger partial charge in [0.25, 0.3) is 0 Å². The van der Waals surface area contributed by atoms with Crippen LogP contribution < -0.4 is 15.5 Å². The molecule has 1 fully saturated rings. The Labute approximate surface area is 200 Å². The van der Waals surface area contributed by atoms with E-state index < -0.39 is 0 Å². The molecular formula is C20H33IN8S. The molecule has 2 aromatic rings. The van der Waals surface area contributed by atoms with Crippen molar-refractivity contribution in [1.29, 1.82) is 0 Å². The fraction of sp³-hybridized carbons (Fsp3) is 0.700. The molecule has 10 heteroatoms. The van der Waals surface area contributed by atoms with Crippen LogP contribution in [0.2, 0.25) is 0 Å². The van der Waals surface area contributed by atoms with Crippen molar-refractivity contribution in [3.63, 3.8) is 0 Å². The van der Waals surface area contributed by atoms with Crippen LogP contribution in [-0.2, 0) is 25.8 Å². The highest BCUT2D eigenvalue weighted by Gasteiger charge is 2.22. The van der Waals surface area contributed by atoms with Gasteiger partial charge in [-0.05, 0) is 26.2 Å². The van der Waals surface area contributed by atoms with E-state index in [4.69, 9.17) is 9.98 Å². The number of thiazole rings is 1. The maximum Gasteiger partial charge on any atom is 0.191 e. The highest BCUT2D eigenvalue weighted by Crippen LogP contribution is 2.24. The predicted molar refractivity (Wildman–Crippen MR) is 133 cm³/mol. The first-order valence-corrected chi connectivity index (χ1v) is 11.8. The second-order valence-electron chi connectivity index (χ2n) is 7.69. The molecule has 4 rings (SSSR count). The first-order valence-electron chi connectivity index (χ1n) is 10.9. The molecule has 0 spiro atoms. The van der Waals surface area contributed by atoms with Crippen molar-refractivity contribution in [2.75, 3.05) is 31.1 Å². The van der Waals surface area contributed by atoms with Crippen molar-refractivity contribution >= 4 is 46.4 Å². The highest BCUT2D eigenvalue weighted by molar-refractivity contribution is 14.0. The third-order valence-electron chi connectivity index (χ3n) is 5.46. The molecule has 2 aliphatic heterocycles. The van der Waals surface area contributed by atoms with Crippen molar-refractivity contribution in [2.24, 2.45) is 4.99 Å². The fourth-order valence-corrected chi connectivity index (χ4v) is 4.80. The van der Waals surface area contributed by atoms with Crippen molar-refractivity contribution in [3.8, 4) is 0 Å². The largest absolute Gasteiger partial charge is 0.357 e. The second kappa shape index (κ2) is 11.3. The van der Waals surface area contributed by atoms with Gasteiger partial charge in [-0.15, -0.1) is 35.3 Å². The van der Waals surface area contributed by atoms with Crippen LogP contribution in [0.1, 0.15) is 50.5 Å². The molecule has 2 N–H and O–H groups in total. The van der Waals surface area contributed by atoms with Crippen LogP contribution in [0.5, 0.6) is 0 Å². The van der Waals surface area contributed by atoms with E-state index in [1.54, 1.807) is 11.3 Å². The summed E-state index contributed by atoms with van der Waals surface area (Å²) in [5.74, 6) is 2.93. The van der Waals surface area contributed by atoms with Gasteiger partial charge in [0.05, 0.1) is 12.2 Å². The first kappa shape index (κ1) is 23.2. The summed E-state index contributed by atoms with van der Waals surface area (Å²) in [7, 11) is 0. The van der Waals surface area contributed by atoms with Gasteiger partial charge in [0.2, 0.25) is 0 Å². The molecule has 166 valence electrons. The lowest BCUT2D eigenvalue weighted by Crippen LogP contribution is -2.47. The minimum absolute atomic E-state index is 0. The molecule has 0 radical (unpaired) electrons. The molecule has 0 amide bonds. The van der Waals surface area contributed by atoms with Gasteiger partial charge in [0.15, 0.2) is 16.9 Å². The third-order valence-corrected chi connectivity index (χ3v) is 6.41. The van der Waals surface area contributed by atoms with Gasteiger partial charge >= 0.3 is 0 Å². The Balaban J connectivity index is 0.00000256. The number of hydrogen-bond donors (Lipinski definition) is 2. The molecule has 1 saturated heterocycles. The van der Waals surface area contributed by atoms with Gasteiger partial charge in [-0.3, -0.25) is 4.99 Å². The Morgan fingerprint density at radius 1 is 1.27 bits per heavy atom. The normalized spacial score (nSPS) is 18.8. The van der Waals surface area contributed by atoms with Gasteiger partial charge in [-0.2, -0.15) is 5.10 Å². The summed E-state index contributed by atoms with van der Waals surface area (Å²) < 4.78 is 2.05. The number of nitrogens with one attached hydrogen (secondary N) is 2. The minimum atomic E-state index is 0. The van der Waals surface area contributed by atoms with Gasteiger partial charge in [-0.25, -0.2) is 14.6 Å². The van der Waals surface area contributed by atoms with E-state index in [-0.39, 0.29) is 24.0 Å². The summed E-state index contributed by atoms with van der Waals surface area (Å²) in [4.78, 5) is 16.6. The van der Waals surface area contributed by atoms with E-state index in [1.165, 1.54) is 18.0 Å². The Morgan fingerprint density at radius 2 is 2.10 bits per heavy atom. The average molecular weight is 545 g/mol. The number of aliphatic imine (C=N–C) groups is 1. The zero-order valence-electron chi connectivity index (χ0n) is 17.9. The van der Waals surface area contributed by atoms with E-state index in [0.717, 1.165) is 81.7 Å². The van der Waals surface area contributed by atoms with Crippen molar-refractivity contribution in [2.45, 2.75) is 65.0 Å². The topological polar surface area (TPSA) is 83.3 Å². The summed E-state index contributed by atoms with van der Waals surface area (Å²) in [6.45, 7) is 8.93. The maximum absolute atomic E-state index is 4.80. The number of fused-ring (bicyclic) bond motifs is 1. The van der Waals surface area contributed by atoms with Crippen LogP contribution >= 0.6 is 35.3 Å². The summed E-state index contributed by atoms with van der Waals surface area (Å²) in [6, 6.07) is 0.327. The summed E-state index contributed by atoms with van der Waals surface area (Å²) in [6.07, 6.45) is 6.35. The number of guanidine groups is 1.